The Morgan fingerprint density at radius 1 is 1.05 bits per heavy atom. The Bertz CT molecular complexity index is 581. The van der Waals surface area contributed by atoms with Gasteiger partial charge in [-0.25, -0.2) is 0 Å². The Hall–Kier alpha value is -1.51. The highest BCUT2D eigenvalue weighted by Crippen LogP contribution is 2.15. The molecule has 0 saturated carbocycles. The van der Waals surface area contributed by atoms with E-state index < -0.39 is 0 Å². The van der Waals surface area contributed by atoms with Gasteiger partial charge in [0.2, 0.25) is 0 Å². The molecule has 0 aliphatic rings. The number of halogens is 2. The number of amides is 1. The van der Waals surface area contributed by atoms with Gasteiger partial charge in [-0.15, -0.1) is 0 Å². The average Bonchev–Trinajstić information content (AvgIpc) is 2.39. The summed E-state index contributed by atoms with van der Waals surface area (Å²) in [6.45, 7) is 0.516. The van der Waals surface area contributed by atoms with Gasteiger partial charge in [0.15, 0.2) is 0 Å². The summed E-state index contributed by atoms with van der Waals surface area (Å²) in [7, 11) is 1.76. The van der Waals surface area contributed by atoms with Crippen molar-refractivity contribution < 1.29 is 4.79 Å². The van der Waals surface area contributed by atoms with E-state index >= 15 is 0 Å². The number of benzene rings is 2. The molecule has 1 amide bonds. The predicted molar refractivity (Wildman–Crippen MR) is 78.7 cm³/mol. The Kier molecular flexibility index (Phi) is 4.46. The van der Waals surface area contributed by atoms with Crippen LogP contribution in [-0.4, -0.2) is 17.9 Å². The van der Waals surface area contributed by atoms with E-state index in [0.717, 1.165) is 5.56 Å². The number of rotatable bonds is 3. The number of hydrogen-bond donors (Lipinski definition) is 0. The van der Waals surface area contributed by atoms with Crippen LogP contribution in [0.2, 0.25) is 10.0 Å². The van der Waals surface area contributed by atoms with Gasteiger partial charge in [0.25, 0.3) is 5.91 Å². The molecule has 0 radical (unpaired) electrons. The molecule has 0 aliphatic carbocycles. The molecular weight excluding hydrogens is 281 g/mol. The molecule has 0 atom stereocenters. The second-order valence-electron chi connectivity index (χ2n) is 4.30. The molecule has 0 heterocycles. The van der Waals surface area contributed by atoms with Crippen LogP contribution < -0.4 is 0 Å². The van der Waals surface area contributed by atoms with Gasteiger partial charge in [-0.1, -0.05) is 35.3 Å². The second-order valence-corrected chi connectivity index (χ2v) is 5.17. The zero-order chi connectivity index (χ0) is 13.8. The van der Waals surface area contributed by atoms with Gasteiger partial charge < -0.3 is 4.90 Å². The number of hydrogen-bond acceptors (Lipinski definition) is 1. The van der Waals surface area contributed by atoms with Crippen molar-refractivity contribution in [1.82, 2.24) is 4.90 Å². The van der Waals surface area contributed by atoms with Gasteiger partial charge in [0.05, 0.1) is 0 Å². The smallest absolute Gasteiger partial charge is 0.253 e. The number of carbonyl (C=O) groups excluding carboxylic acids is 1. The van der Waals surface area contributed by atoms with Gasteiger partial charge >= 0.3 is 0 Å². The first-order valence-electron chi connectivity index (χ1n) is 5.82. The van der Waals surface area contributed by atoms with Crippen molar-refractivity contribution in [3.8, 4) is 0 Å². The summed E-state index contributed by atoms with van der Waals surface area (Å²) in [4.78, 5) is 13.8. The molecule has 19 heavy (non-hydrogen) atoms. The lowest BCUT2D eigenvalue weighted by molar-refractivity contribution is 0.0785. The molecule has 98 valence electrons. The lowest BCUT2D eigenvalue weighted by Crippen LogP contribution is -2.26. The molecule has 0 aliphatic heterocycles. The molecule has 0 N–H and O–H groups in total. The Morgan fingerprint density at radius 2 is 1.74 bits per heavy atom. The maximum atomic E-state index is 12.2. The Balaban J connectivity index is 2.09. The average molecular weight is 294 g/mol. The van der Waals surface area contributed by atoms with Gasteiger partial charge in [-0.3, -0.25) is 4.79 Å². The highest BCUT2D eigenvalue weighted by Gasteiger charge is 2.11. The largest absolute Gasteiger partial charge is 0.337 e. The van der Waals surface area contributed by atoms with Crippen LogP contribution in [0.5, 0.6) is 0 Å². The van der Waals surface area contributed by atoms with Crippen molar-refractivity contribution in [2.24, 2.45) is 0 Å². The molecule has 0 unspecified atom stereocenters. The molecule has 0 spiro atoms. The van der Waals surface area contributed by atoms with E-state index in [-0.39, 0.29) is 5.91 Å². The SMILES string of the molecule is CN(Cc1cccc(Cl)c1)C(=O)c1ccc(Cl)cc1. The van der Waals surface area contributed by atoms with E-state index in [1.807, 2.05) is 24.3 Å². The highest BCUT2D eigenvalue weighted by atomic mass is 35.5. The second kappa shape index (κ2) is 6.09. The molecule has 0 bridgehead atoms. The van der Waals surface area contributed by atoms with Crippen molar-refractivity contribution >= 4 is 29.1 Å². The van der Waals surface area contributed by atoms with Crippen LogP contribution in [0, 0.1) is 0 Å². The van der Waals surface area contributed by atoms with Crippen molar-refractivity contribution in [3.63, 3.8) is 0 Å². The molecule has 2 aromatic carbocycles. The summed E-state index contributed by atoms with van der Waals surface area (Å²) in [6, 6.07) is 14.3. The summed E-state index contributed by atoms with van der Waals surface area (Å²) in [5.41, 5.74) is 1.62. The fraction of sp³-hybridized carbons (Fsp3) is 0.133. The fourth-order valence-electron chi connectivity index (χ4n) is 1.79. The van der Waals surface area contributed by atoms with Crippen LogP contribution in [0.1, 0.15) is 15.9 Å². The molecule has 2 aromatic rings. The maximum absolute atomic E-state index is 12.2. The number of carbonyl (C=O) groups is 1. The van der Waals surface area contributed by atoms with E-state index in [9.17, 15) is 4.79 Å². The van der Waals surface area contributed by atoms with E-state index in [0.29, 0.717) is 22.2 Å². The minimum atomic E-state index is -0.0448. The van der Waals surface area contributed by atoms with Gasteiger partial charge in [0, 0.05) is 29.2 Å². The summed E-state index contributed by atoms with van der Waals surface area (Å²) in [6.07, 6.45) is 0. The van der Waals surface area contributed by atoms with Crippen LogP contribution in [0.4, 0.5) is 0 Å². The first kappa shape index (κ1) is 13.9. The van der Waals surface area contributed by atoms with Gasteiger partial charge in [-0.05, 0) is 42.0 Å². The quantitative estimate of drug-likeness (QED) is 0.828. The zero-order valence-corrected chi connectivity index (χ0v) is 11.9. The van der Waals surface area contributed by atoms with E-state index in [2.05, 4.69) is 0 Å². The summed E-state index contributed by atoms with van der Waals surface area (Å²) in [5, 5.41) is 1.29. The standard InChI is InChI=1S/C15H13Cl2NO/c1-18(10-11-3-2-4-14(17)9-11)15(19)12-5-7-13(16)8-6-12/h2-9H,10H2,1H3. The lowest BCUT2D eigenvalue weighted by Gasteiger charge is -2.17. The summed E-state index contributed by atoms with van der Waals surface area (Å²) in [5.74, 6) is -0.0448. The molecule has 0 fully saturated rings. The van der Waals surface area contributed by atoms with E-state index in [1.165, 1.54) is 0 Å². The van der Waals surface area contributed by atoms with Crippen LogP contribution in [0.15, 0.2) is 48.5 Å². The van der Waals surface area contributed by atoms with Crippen molar-refractivity contribution in [2.45, 2.75) is 6.54 Å². The molecule has 0 saturated heterocycles. The Labute approximate surface area is 122 Å². The van der Waals surface area contributed by atoms with Crippen molar-refractivity contribution in [2.75, 3.05) is 7.05 Å². The molecule has 4 heteroatoms. The summed E-state index contributed by atoms with van der Waals surface area (Å²) >= 11 is 11.7. The van der Waals surface area contributed by atoms with E-state index in [1.54, 1.807) is 36.2 Å². The lowest BCUT2D eigenvalue weighted by atomic mass is 10.1. The minimum absolute atomic E-state index is 0.0448. The van der Waals surface area contributed by atoms with Crippen LogP contribution in [0.25, 0.3) is 0 Å². The third-order valence-electron chi connectivity index (χ3n) is 2.75. The van der Waals surface area contributed by atoms with Crippen LogP contribution in [0.3, 0.4) is 0 Å². The van der Waals surface area contributed by atoms with Crippen molar-refractivity contribution in [3.05, 3.63) is 69.7 Å². The molecule has 2 nitrogen and oxygen atoms in total. The van der Waals surface area contributed by atoms with Crippen LogP contribution >= 0.6 is 23.2 Å². The monoisotopic (exact) mass is 293 g/mol. The zero-order valence-electron chi connectivity index (χ0n) is 10.4. The van der Waals surface area contributed by atoms with Gasteiger partial charge in [-0.2, -0.15) is 0 Å². The van der Waals surface area contributed by atoms with E-state index in [4.69, 9.17) is 23.2 Å². The Morgan fingerprint density at radius 3 is 2.37 bits per heavy atom. The topological polar surface area (TPSA) is 20.3 Å². The first-order valence-corrected chi connectivity index (χ1v) is 6.57. The minimum Gasteiger partial charge on any atom is -0.337 e. The summed E-state index contributed by atoms with van der Waals surface area (Å²) < 4.78 is 0. The first-order chi connectivity index (χ1) is 9.06. The third kappa shape index (κ3) is 3.72. The normalized spacial score (nSPS) is 10.3. The van der Waals surface area contributed by atoms with Crippen molar-refractivity contribution in [1.29, 1.82) is 0 Å². The fourth-order valence-corrected chi connectivity index (χ4v) is 2.13. The molecule has 0 aromatic heterocycles. The highest BCUT2D eigenvalue weighted by molar-refractivity contribution is 6.30. The van der Waals surface area contributed by atoms with Crippen LogP contribution in [-0.2, 0) is 6.54 Å². The molecular formula is C15H13Cl2NO. The molecule has 2 rings (SSSR count). The maximum Gasteiger partial charge on any atom is 0.253 e. The third-order valence-corrected chi connectivity index (χ3v) is 3.23. The predicted octanol–water partition coefficient (Wildman–Crippen LogP) is 4.27. The number of nitrogens with zero attached hydrogens (tertiary/aromatic N) is 1. The van der Waals surface area contributed by atoms with Gasteiger partial charge in [0.1, 0.15) is 0 Å².